The molecule has 0 saturated carbocycles. The molecule has 0 aliphatic rings. The Balaban J connectivity index is 2.06. The maximum atomic E-state index is 13.1. The molecule has 0 bridgehead atoms. The zero-order valence-corrected chi connectivity index (χ0v) is 11.5. The van der Waals surface area contributed by atoms with Crippen molar-refractivity contribution in [2.24, 2.45) is 0 Å². The van der Waals surface area contributed by atoms with Crippen LogP contribution in [0, 0.1) is 12.7 Å². The van der Waals surface area contributed by atoms with E-state index in [9.17, 15) is 4.39 Å². The van der Waals surface area contributed by atoms with Gasteiger partial charge in [-0.05, 0) is 36.2 Å². The third-order valence-electron chi connectivity index (χ3n) is 2.68. The molecule has 4 heteroatoms. The first-order valence-corrected chi connectivity index (χ1v) is 6.33. The number of benzene rings is 2. The van der Waals surface area contributed by atoms with Crippen LogP contribution in [0.5, 0.6) is 5.75 Å². The molecule has 0 radical (unpaired) electrons. The fourth-order valence-corrected chi connectivity index (χ4v) is 1.99. The summed E-state index contributed by atoms with van der Waals surface area (Å²) in [4.78, 5) is 0. The molecular formula is C14H13BrFNO. The van der Waals surface area contributed by atoms with Crippen LogP contribution in [-0.2, 0) is 6.54 Å². The maximum Gasteiger partial charge on any atom is 0.166 e. The number of aryl methyl sites for hydroxylation is 1. The van der Waals surface area contributed by atoms with Gasteiger partial charge in [0.1, 0.15) is 0 Å². The number of rotatable bonds is 3. The van der Waals surface area contributed by atoms with Gasteiger partial charge in [-0.2, -0.15) is 0 Å². The third kappa shape index (κ3) is 3.01. The van der Waals surface area contributed by atoms with Crippen LogP contribution in [0.3, 0.4) is 0 Å². The van der Waals surface area contributed by atoms with E-state index in [2.05, 4.69) is 21.2 Å². The summed E-state index contributed by atoms with van der Waals surface area (Å²) in [5.41, 5.74) is 2.91. The normalized spacial score (nSPS) is 10.4. The Labute approximate surface area is 114 Å². The van der Waals surface area contributed by atoms with Gasteiger partial charge in [0.25, 0.3) is 0 Å². The molecule has 18 heavy (non-hydrogen) atoms. The predicted octanol–water partition coefficient (Wildman–Crippen LogP) is 4.21. The van der Waals surface area contributed by atoms with Crippen LogP contribution >= 0.6 is 15.9 Å². The molecule has 0 aliphatic carbocycles. The second kappa shape index (κ2) is 5.40. The number of phenolic OH excluding ortho intramolecular Hbond substituents is 1. The lowest BCUT2D eigenvalue weighted by molar-refractivity contribution is 0.432. The van der Waals surface area contributed by atoms with Crippen LogP contribution < -0.4 is 5.32 Å². The number of anilines is 1. The molecular weight excluding hydrogens is 297 g/mol. The molecule has 2 rings (SSSR count). The molecule has 0 fully saturated rings. The minimum Gasteiger partial charge on any atom is -0.505 e. The average Bonchev–Trinajstić information content (AvgIpc) is 2.35. The van der Waals surface area contributed by atoms with Gasteiger partial charge < -0.3 is 10.4 Å². The minimum atomic E-state index is -0.620. The molecule has 2 nitrogen and oxygen atoms in total. The Morgan fingerprint density at radius 3 is 2.67 bits per heavy atom. The third-order valence-corrected chi connectivity index (χ3v) is 3.53. The second-order valence-electron chi connectivity index (χ2n) is 4.10. The topological polar surface area (TPSA) is 32.3 Å². The highest BCUT2D eigenvalue weighted by molar-refractivity contribution is 9.10. The Morgan fingerprint density at radius 1 is 1.22 bits per heavy atom. The van der Waals surface area contributed by atoms with Crippen LogP contribution in [-0.4, -0.2) is 5.11 Å². The largest absolute Gasteiger partial charge is 0.505 e. The SMILES string of the molecule is Cc1ccc(CNc2ccc(O)c(F)c2)cc1Br. The molecule has 0 amide bonds. The number of nitrogens with one attached hydrogen (secondary N) is 1. The molecule has 0 atom stereocenters. The average molecular weight is 310 g/mol. The van der Waals surface area contributed by atoms with Crippen LogP contribution in [0.4, 0.5) is 10.1 Å². The number of halogens is 2. The van der Waals surface area contributed by atoms with Crippen molar-refractivity contribution in [1.82, 2.24) is 0 Å². The van der Waals surface area contributed by atoms with Crippen molar-refractivity contribution in [1.29, 1.82) is 0 Å². The first-order chi connectivity index (χ1) is 8.56. The molecule has 0 heterocycles. The monoisotopic (exact) mass is 309 g/mol. The van der Waals surface area contributed by atoms with Crippen molar-refractivity contribution in [3.05, 3.63) is 57.8 Å². The van der Waals surface area contributed by atoms with Gasteiger partial charge in [0, 0.05) is 22.8 Å². The summed E-state index contributed by atoms with van der Waals surface area (Å²) in [5.74, 6) is -0.955. The highest BCUT2D eigenvalue weighted by Gasteiger charge is 2.02. The van der Waals surface area contributed by atoms with Gasteiger partial charge in [-0.25, -0.2) is 4.39 Å². The van der Waals surface area contributed by atoms with Crippen molar-refractivity contribution in [2.75, 3.05) is 5.32 Å². The van der Waals surface area contributed by atoms with Crippen LogP contribution in [0.2, 0.25) is 0 Å². The lowest BCUT2D eigenvalue weighted by atomic mass is 10.1. The van der Waals surface area contributed by atoms with Crippen molar-refractivity contribution in [3.8, 4) is 5.75 Å². The molecule has 0 unspecified atom stereocenters. The van der Waals surface area contributed by atoms with Crippen molar-refractivity contribution >= 4 is 21.6 Å². The van der Waals surface area contributed by atoms with E-state index in [-0.39, 0.29) is 5.75 Å². The summed E-state index contributed by atoms with van der Waals surface area (Å²) < 4.78 is 14.2. The quantitative estimate of drug-likeness (QED) is 0.832. The lowest BCUT2D eigenvalue weighted by Gasteiger charge is -2.08. The van der Waals surface area contributed by atoms with Crippen LogP contribution in [0.25, 0.3) is 0 Å². The van der Waals surface area contributed by atoms with Gasteiger partial charge in [-0.1, -0.05) is 28.1 Å². The lowest BCUT2D eigenvalue weighted by Crippen LogP contribution is -1.99. The van der Waals surface area contributed by atoms with E-state index in [1.165, 1.54) is 17.7 Å². The number of hydrogen-bond acceptors (Lipinski definition) is 2. The van der Waals surface area contributed by atoms with E-state index in [0.29, 0.717) is 12.2 Å². The summed E-state index contributed by atoms with van der Waals surface area (Å²) in [5, 5.41) is 12.2. The maximum absolute atomic E-state index is 13.1. The summed E-state index contributed by atoms with van der Waals surface area (Å²) in [6, 6.07) is 10.3. The predicted molar refractivity (Wildman–Crippen MR) is 74.3 cm³/mol. The standard InChI is InChI=1S/C14H13BrFNO/c1-9-2-3-10(6-12(9)15)8-17-11-4-5-14(18)13(16)7-11/h2-7,17-18H,8H2,1H3. The number of hydrogen-bond donors (Lipinski definition) is 2. The molecule has 0 saturated heterocycles. The van der Waals surface area contributed by atoms with Gasteiger partial charge in [0.05, 0.1) is 0 Å². The van der Waals surface area contributed by atoms with E-state index >= 15 is 0 Å². The van der Waals surface area contributed by atoms with Gasteiger partial charge in [-0.3, -0.25) is 0 Å². The first-order valence-electron chi connectivity index (χ1n) is 5.53. The highest BCUT2D eigenvalue weighted by Crippen LogP contribution is 2.21. The summed E-state index contributed by atoms with van der Waals surface area (Å²) >= 11 is 3.47. The van der Waals surface area contributed by atoms with E-state index in [1.807, 2.05) is 25.1 Å². The molecule has 0 spiro atoms. The fourth-order valence-electron chi connectivity index (χ4n) is 1.57. The van der Waals surface area contributed by atoms with Crippen LogP contribution in [0.15, 0.2) is 40.9 Å². The molecule has 2 N–H and O–H groups in total. The smallest absolute Gasteiger partial charge is 0.166 e. The molecule has 0 aromatic heterocycles. The number of aromatic hydroxyl groups is 1. The Kier molecular flexibility index (Phi) is 3.87. The van der Waals surface area contributed by atoms with E-state index in [1.54, 1.807) is 6.07 Å². The summed E-state index contributed by atoms with van der Waals surface area (Å²) in [7, 11) is 0. The van der Waals surface area contributed by atoms with Gasteiger partial charge in [0.2, 0.25) is 0 Å². The molecule has 2 aromatic carbocycles. The number of phenols is 1. The Morgan fingerprint density at radius 2 is 2.00 bits per heavy atom. The highest BCUT2D eigenvalue weighted by atomic mass is 79.9. The summed E-state index contributed by atoms with van der Waals surface area (Å²) in [6.45, 7) is 2.62. The molecule has 2 aromatic rings. The van der Waals surface area contributed by atoms with Gasteiger partial charge >= 0.3 is 0 Å². The zero-order chi connectivity index (χ0) is 13.1. The van der Waals surface area contributed by atoms with Crippen molar-refractivity contribution in [2.45, 2.75) is 13.5 Å². The summed E-state index contributed by atoms with van der Waals surface area (Å²) in [6.07, 6.45) is 0. The Bertz CT molecular complexity index is 520. The van der Waals surface area contributed by atoms with Crippen LogP contribution in [0.1, 0.15) is 11.1 Å². The molecule has 0 aliphatic heterocycles. The van der Waals surface area contributed by atoms with E-state index < -0.39 is 5.82 Å². The zero-order valence-electron chi connectivity index (χ0n) is 9.87. The Hall–Kier alpha value is -1.55. The molecule has 94 valence electrons. The van der Waals surface area contributed by atoms with Gasteiger partial charge in [0.15, 0.2) is 11.6 Å². The van der Waals surface area contributed by atoms with Crippen molar-refractivity contribution in [3.63, 3.8) is 0 Å². The van der Waals surface area contributed by atoms with Gasteiger partial charge in [-0.15, -0.1) is 0 Å². The second-order valence-corrected chi connectivity index (χ2v) is 4.96. The van der Waals surface area contributed by atoms with E-state index in [4.69, 9.17) is 5.11 Å². The minimum absolute atomic E-state index is 0.335. The first kappa shape index (κ1) is 12.9. The van der Waals surface area contributed by atoms with E-state index in [0.717, 1.165) is 10.0 Å². The fraction of sp³-hybridized carbons (Fsp3) is 0.143. The van der Waals surface area contributed by atoms with Crippen molar-refractivity contribution < 1.29 is 9.50 Å².